The molecule has 0 spiro atoms. The van der Waals surface area contributed by atoms with Gasteiger partial charge in [-0.3, -0.25) is 5.43 Å². The van der Waals surface area contributed by atoms with E-state index in [0.717, 1.165) is 12.1 Å². The quantitative estimate of drug-likeness (QED) is 0.596. The molecule has 0 amide bonds. The summed E-state index contributed by atoms with van der Waals surface area (Å²) in [6.45, 7) is 1.72. The van der Waals surface area contributed by atoms with Gasteiger partial charge in [-0.1, -0.05) is 6.07 Å². The highest BCUT2D eigenvalue weighted by Gasteiger charge is 2.30. The maximum absolute atomic E-state index is 12.6. The van der Waals surface area contributed by atoms with Crippen molar-refractivity contribution in [3.63, 3.8) is 0 Å². The molecule has 8 heteroatoms. The fraction of sp³-hybridized carbons (Fsp3) is 0.167. The van der Waals surface area contributed by atoms with E-state index in [1.54, 1.807) is 13.0 Å². The number of anilines is 3. The number of benzene rings is 1. The number of halogens is 3. The minimum Gasteiger partial charge on any atom is -0.340 e. The van der Waals surface area contributed by atoms with Gasteiger partial charge in [-0.25, -0.2) is 10.8 Å². The minimum atomic E-state index is -4.39. The fourth-order valence-electron chi connectivity index (χ4n) is 1.62. The third kappa shape index (κ3) is 3.35. The predicted molar refractivity (Wildman–Crippen MR) is 69.3 cm³/mol. The smallest absolute Gasteiger partial charge is 0.340 e. The number of hydrogen-bond donors (Lipinski definition) is 3. The second-order valence-electron chi connectivity index (χ2n) is 4.07. The van der Waals surface area contributed by atoms with Gasteiger partial charge in [0.25, 0.3) is 0 Å². The van der Waals surface area contributed by atoms with Crippen LogP contribution in [-0.2, 0) is 6.18 Å². The van der Waals surface area contributed by atoms with Gasteiger partial charge in [0.1, 0.15) is 5.82 Å². The van der Waals surface area contributed by atoms with Gasteiger partial charge in [0.05, 0.1) is 5.56 Å². The zero-order valence-electron chi connectivity index (χ0n) is 10.5. The first-order chi connectivity index (χ1) is 9.38. The number of rotatable bonds is 3. The molecule has 1 aromatic heterocycles. The Morgan fingerprint density at radius 3 is 2.55 bits per heavy atom. The molecule has 4 N–H and O–H groups in total. The number of aryl methyl sites for hydroxylation is 1. The standard InChI is InChI=1S/C12H12F3N5/c1-7-5-10(19-11(17-7)20-16)18-9-4-2-3-8(6-9)12(13,14)15/h2-6H,16H2,1H3,(H2,17,18,19,20). The largest absolute Gasteiger partial charge is 0.416 e. The molecule has 106 valence electrons. The van der Waals surface area contributed by atoms with Gasteiger partial charge in [0.2, 0.25) is 5.95 Å². The van der Waals surface area contributed by atoms with Crippen LogP contribution in [0.3, 0.4) is 0 Å². The van der Waals surface area contributed by atoms with Crippen LogP contribution in [0.5, 0.6) is 0 Å². The molecule has 1 heterocycles. The van der Waals surface area contributed by atoms with Gasteiger partial charge in [0, 0.05) is 17.4 Å². The van der Waals surface area contributed by atoms with Crippen LogP contribution in [0.15, 0.2) is 30.3 Å². The zero-order valence-corrected chi connectivity index (χ0v) is 10.5. The Kier molecular flexibility index (Phi) is 3.75. The summed E-state index contributed by atoms with van der Waals surface area (Å²) in [7, 11) is 0. The van der Waals surface area contributed by atoms with E-state index in [1.165, 1.54) is 12.1 Å². The number of hydrogen-bond acceptors (Lipinski definition) is 5. The molecule has 0 radical (unpaired) electrons. The number of aromatic nitrogens is 2. The van der Waals surface area contributed by atoms with Crippen molar-refractivity contribution in [1.29, 1.82) is 0 Å². The molecule has 20 heavy (non-hydrogen) atoms. The van der Waals surface area contributed by atoms with Gasteiger partial charge in [-0.2, -0.15) is 18.2 Å². The third-order valence-corrected chi connectivity index (χ3v) is 2.45. The van der Waals surface area contributed by atoms with Gasteiger partial charge in [0.15, 0.2) is 0 Å². The lowest BCUT2D eigenvalue weighted by atomic mass is 10.2. The average molecular weight is 283 g/mol. The van der Waals surface area contributed by atoms with Gasteiger partial charge in [-0.05, 0) is 25.1 Å². The van der Waals surface area contributed by atoms with E-state index in [0.29, 0.717) is 11.5 Å². The Labute approximate surface area is 113 Å². The van der Waals surface area contributed by atoms with E-state index in [-0.39, 0.29) is 11.6 Å². The number of alkyl halides is 3. The van der Waals surface area contributed by atoms with Crippen molar-refractivity contribution in [2.24, 2.45) is 5.84 Å². The monoisotopic (exact) mass is 283 g/mol. The Bertz CT molecular complexity index is 612. The highest BCUT2D eigenvalue weighted by atomic mass is 19.4. The van der Waals surface area contributed by atoms with Crippen LogP contribution in [0.2, 0.25) is 0 Å². The zero-order chi connectivity index (χ0) is 14.8. The molecule has 0 aliphatic heterocycles. The second kappa shape index (κ2) is 5.33. The highest BCUT2D eigenvalue weighted by Crippen LogP contribution is 2.31. The van der Waals surface area contributed by atoms with Crippen molar-refractivity contribution >= 4 is 17.5 Å². The van der Waals surface area contributed by atoms with Crippen LogP contribution in [0.25, 0.3) is 0 Å². The van der Waals surface area contributed by atoms with E-state index in [1.807, 2.05) is 0 Å². The summed E-state index contributed by atoms with van der Waals surface area (Å²) in [5, 5.41) is 2.79. The van der Waals surface area contributed by atoms with Crippen LogP contribution in [0.4, 0.5) is 30.6 Å². The number of nitrogens with one attached hydrogen (secondary N) is 2. The molecule has 2 rings (SSSR count). The molecule has 0 aliphatic rings. The number of nitrogens with zero attached hydrogens (tertiary/aromatic N) is 2. The van der Waals surface area contributed by atoms with Crippen molar-refractivity contribution in [2.45, 2.75) is 13.1 Å². The van der Waals surface area contributed by atoms with Crippen molar-refractivity contribution in [3.8, 4) is 0 Å². The first-order valence-electron chi connectivity index (χ1n) is 5.65. The number of hydrazine groups is 1. The van der Waals surface area contributed by atoms with E-state index >= 15 is 0 Å². The third-order valence-electron chi connectivity index (χ3n) is 2.45. The molecule has 0 bridgehead atoms. The van der Waals surface area contributed by atoms with E-state index in [2.05, 4.69) is 20.7 Å². The fourth-order valence-corrected chi connectivity index (χ4v) is 1.62. The summed E-state index contributed by atoms with van der Waals surface area (Å²) in [6, 6.07) is 6.45. The SMILES string of the molecule is Cc1cc(Nc2cccc(C(F)(F)F)c2)nc(NN)n1. The molecular formula is C12H12F3N5. The van der Waals surface area contributed by atoms with Gasteiger partial charge >= 0.3 is 6.18 Å². The van der Waals surface area contributed by atoms with Crippen molar-refractivity contribution < 1.29 is 13.2 Å². The lowest BCUT2D eigenvalue weighted by molar-refractivity contribution is -0.137. The number of nitrogen functional groups attached to an aromatic ring is 1. The molecule has 0 fully saturated rings. The predicted octanol–water partition coefficient (Wildman–Crippen LogP) is 2.83. The molecular weight excluding hydrogens is 271 g/mol. The van der Waals surface area contributed by atoms with Crippen LogP contribution < -0.4 is 16.6 Å². The van der Waals surface area contributed by atoms with E-state index in [9.17, 15) is 13.2 Å². The topological polar surface area (TPSA) is 75.9 Å². The van der Waals surface area contributed by atoms with Crippen molar-refractivity contribution in [1.82, 2.24) is 9.97 Å². The average Bonchev–Trinajstić information content (AvgIpc) is 2.37. The lowest BCUT2D eigenvalue weighted by Gasteiger charge is -2.11. The summed E-state index contributed by atoms with van der Waals surface area (Å²) in [6.07, 6.45) is -4.39. The molecule has 0 saturated heterocycles. The molecule has 1 aromatic carbocycles. The summed E-state index contributed by atoms with van der Waals surface area (Å²) < 4.78 is 37.8. The van der Waals surface area contributed by atoms with Gasteiger partial charge < -0.3 is 5.32 Å². The molecule has 0 aliphatic carbocycles. The Hall–Kier alpha value is -2.35. The molecule has 2 aromatic rings. The first-order valence-corrected chi connectivity index (χ1v) is 5.65. The van der Waals surface area contributed by atoms with Crippen LogP contribution in [0, 0.1) is 6.92 Å². The van der Waals surface area contributed by atoms with Crippen molar-refractivity contribution in [2.75, 3.05) is 10.7 Å². The number of nitrogens with two attached hydrogens (primary N) is 1. The first kappa shape index (κ1) is 14.1. The maximum atomic E-state index is 12.6. The Balaban J connectivity index is 2.28. The van der Waals surface area contributed by atoms with Crippen molar-refractivity contribution in [3.05, 3.63) is 41.6 Å². The summed E-state index contributed by atoms with van der Waals surface area (Å²) in [5.41, 5.74) is 2.46. The highest BCUT2D eigenvalue weighted by molar-refractivity contribution is 5.58. The van der Waals surface area contributed by atoms with Crippen LogP contribution in [-0.4, -0.2) is 9.97 Å². The lowest BCUT2D eigenvalue weighted by Crippen LogP contribution is -2.12. The molecule has 0 unspecified atom stereocenters. The van der Waals surface area contributed by atoms with Crippen LogP contribution in [0.1, 0.15) is 11.3 Å². The minimum absolute atomic E-state index is 0.180. The van der Waals surface area contributed by atoms with Crippen LogP contribution >= 0.6 is 0 Å². The van der Waals surface area contributed by atoms with E-state index in [4.69, 9.17) is 5.84 Å². The van der Waals surface area contributed by atoms with Gasteiger partial charge in [-0.15, -0.1) is 0 Å². The normalized spacial score (nSPS) is 11.2. The second-order valence-corrected chi connectivity index (χ2v) is 4.07. The summed E-state index contributed by atoms with van der Waals surface area (Å²) in [5.74, 6) is 5.74. The Morgan fingerprint density at radius 1 is 1.15 bits per heavy atom. The maximum Gasteiger partial charge on any atom is 0.416 e. The molecule has 0 atom stereocenters. The molecule has 0 saturated carbocycles. The Morgan fingerprint density at radius 2 is 1.90 bits per heavy atom. The summed E-state index contributed by atoms with van der Waals surface area (Å²) in [4.78, 5) is 7.98. The van der Waals surface area contributed by atoms with E-state index < -0.39 is 11.7 Å². The molecule has 5 nitrogen and oxygen atoms in total. The summed E-state index contributed by atoms with van der Waals surface area (Å²) >= 11 is 0.